The van der Waals surface area contributed by atoms with E-state index in [0.29, 0.717) is 19.5 Å². The largest absolute Gasteiger partial charge is 0.497 e. The van der Waals surface area contributed by atoms with Crippen LogP contribution in [-0.2, 0) is 0 Å². The van der Waals surface area contributed by atoms with Gasteiger partial charge < -0.3 is 20.9 Å². The minimum Gasteiger partial charge on any atom is -0.497 e. The Morgan fingerprint density at radius 2 is 2.33 bits per heavy atom. The monoisotopic (exact) mass is 210 g/mol. The van der Waals surface area contributed by atoms with Crippen LogP contribution in [0.15, 0.2) is 24.3 Å². The van der Waals surface area contributed by atoms with Gasteiger partial charge in [0.15, 0.2) is 0 Å². The quantitative estimate of drug-likeness (QED) is 0.650. The molecule has 1 unspecified atom stereocenters. The first-order valence-corrected chi connectivity index (χ1v) is 5.02. The molecular formula is C11H18N2O2. The van der Waals surface area contributed by atoms with Crippen LogP contribution in [0.25, 0.3) is 0 Å². The Morgan fingerprint density at radius 3 is 3.00 bits per heavy atom. The Kier molecular flexibility index (Phi) is 4.93. The number of nitrogens with two attached hydrogens (primary N) is 1. The lowest BCUT2D eigenvalue weighted by atomic mass is 10.2. The first-order valence-electron chi connectivity index (χ1n) is 5.02. The van der Waals surface area contributed by atoms with E-state index >= 15 is 0 Å². The zero-order valence-corrected chi connectivity index (χ0v) is 8.94. The smallest absolute Gasteiger partial charge is 0.120 e. The van der Waals surface area contributed by atoms with E-state index in [0.717, 1.165) is 11.4 Å². The van der Waals surface area contributed by atoms with Crippen LogP contribution < -0.4 is 15.8 Å². The standard InChI is InChI=1S/C11H18N2O2/c1-15-11-4-2-3-9(7-11)13-8-10(14)5-6-12/h2-4,7,10,13-14H,5-6,8,12H2,1H3. The van der Waals surface area contributed by atoms with Gasteiger partial charge in [0, 0.05) is 18.3 Å². The van der Waals surface area contributed by atoms with Gasteiger partial charge in [-0.25, -0.2) is 0 Å². The fraction of sp³-hybridized carbons (Fsp3) is 0.455. The van der Waals surface area contributed by atoms with Crippen LogP contribution in [0.5, 0.6) is 5.75 Å². The normalized spacial score (nSPS) is 12.2. The molecule has 4 nitrogen and oxygen atoms in total. The van der Waals surface area contributed by atoms with E-state index in [1.165, 1.54) is 0 Å². The fourth-order valence-corrected chi connectivity index (χ4v) is 1.26. The van der Waals surface area contributed by atoms with Gasteiger partial charge in [0.25, 0.3) is 0 Å². The third-order valence-corrected chi connectivity index (χ3v) is 2.11. The van der Waals surface area contributed by atoms with Gasteiger partial charge >= 0.3 is 0 Å². The molecule has 0 fully saturated rings. The van der Waals surface area contributed by atoms with Gasteiger partial charge in [-0.2, -0.15) is 0 Å². The second-order valence-electron chi connectivity index (χ2n) is 3.34. The van der Waals surface area contributed by atoms with Crippen LogP contribution in [0.2, 0.25) is 0 Å². The minimum absolute atomic E-state index is 0.402. The molecule has 0 heterocycles. The predicted molar refractivity (Wildman–Crippen MR) is 61.2 cm³/mol. The number of benzene rings is 1. The molecule has 4 N–H and O–H groups in total. The Morgan fingerprint density at radius 1 is 1.53 bits per heavy atom. The van der Waals surface area contributed by atoms with Gasteiger partial charge in [0.2, 0.25) is 0 Å². The highest BCUT2D eigenvalue weighted by Gasteiger charge is 2.02. The van der Waals surface area contributed by atoms with Crippen LogP contribution in [0.1, 0.15) is 6.42 Å². The molecule has 0 aromatic heterocycles. The van der Waals surface area contributed by atoms with Crippen molar-refractivity contribution < 1.29 is 9.84 Å². The molecule has 1 atom stereocenters. The topological polar surface area (TPSA) is 67.5 Å². The van der Waals surface area contributed by atoms with Crippen molar-refractivity contribution in [2.24, 2.45) is 5.73 Å². The molecular weight excluding hydrogens is 192 g/mol. The summed E-state index contributed by atoms with van der Waals surface area (Å²) in [6.45, 7) is 1.01. The predicted octanol–water partition coefficient (Wildman–Crippen LogP) is 0.817. The SMILES string of the molecule is COc1cccc(NCC(O)CCN)c1. The summed E-state index contributed by atoms with van der Waals surface area (Å²) in [5.74, 6) is 0.799. The van der Waals surface area contributed by atoms with Gasteiger partial charge in [0.1, 0.15) is 5.75 Å². The number of aliphatic hydroxyl groups is 1. The van der Waals surface area contributed by atoms with Gasteiger partial charge in [-0.1, -0.05) is 6.07 Å². The molecule has 4 heteroatoms. The summed E-state index contributed by atoms with van der Waals surface area (Å²) in [5, 5.41) is 12.6. The van der Waals surface area contributed by atoms with Gasteiger partial charge in [-0.15, -0.1) is 0 Å². The summed E-state index contributed by atoms with van der Waals surface area (Å²) in [6, 6.07) is 7.59. The molecule has 0 saturated carbocycles. The molecule has 0 aliphatic heterocycles. The molecule has 0 saturated heterocycles. The summed E-state index contributed by atoms with van der Waals surface area (Å²) < 4.78 is 5.09. The third-order valence-electron chi connectivity index (χ3n) is 2.11. The number of hydrogen-bond acceptors (Lipinski definition) is 4. The van der Waals surface area contributed by atoms with Crippen molar-refractivity contribution in [2.75, 3.05) is 25.5 Å². The zero-order valence-electron chi connectivity index (χ0n) is 8.94. The van der Waals surface area contributed by atoms with E-state index in [4.69, 9.17) is 10.5 Å². The fourth-order valence-electron chi connectivity index (χ4n) is 1.26. The Bertz CT molecular complexity index is 292. The maximum Gasteiger partial charge on any atom is 0.120 e. The van der Waals surface area contributed by atoms with Crippen molar-refractivity contribution in [3.63, 3.8) is 0 Å². The van der Waals surface area contributed by atoms with Crippen molar-refractivity contribution in [1.82, 2.24) is 0 Å². The van der Waals surface area contributed by atoms with Crippen LogP contribution in [-0.4, -0.2) is 31.4 Å². The van der Waals surface area contributed by atoms with E-state index in [-0.39, 0.29) is 0 Å². The third kappa shape index (κ3) is 4.18. The first kappa shape index (κ1) is 11.8. The van der Waals surface area contributed by atoms with Crippen LogP contribution >= 0.6 is 0 Å². The molecule has 1 rings (SSSR count). The van der Waals surface area contributed by atoms with E-state index in [9.17, 15) is 5.11 Å². The number of rotatable bonds is 6. The molecule has 1 aromatic rings. The molecule has 0 bridgehead atoms. The van der Waals surface area contributed by atoms with Gasteiger partial charge in [0.05, 0.1) is 13.2 Å². The number of aliphatic hydroxyl groups excluding tert-OH is 1. The van der Waals surface area contributed by atoms with Crippen LogP contribution in [0, 0.1) is 0 Å². The average Bonchev–Trinajstić information content (AvgIpc) is 2.27. The van der Waals surface area contributed by atoms with Crippen molar-refractivity contribution in [3.05, 3.63) is 24.3 Å². The van der Waals surface area contributed by atoms with Crippen molar-refractivity contribution in [2.45, 2.75) is 12.5 Å². The number of methoxy groups -OCH3 is 1. The number of nitrogens with one attached hydrogen (secondary N) is 1. The van der Waals surface area contributed by atoms with E-state index < -0.39 is 6.10 Å². The summed E-state index contributed by atoms with van der Waals surface area (Å²) in [5.41, 5.74) is 6.27. The van der Waals surface area contributed by atoms with Crippen LogP contribution in [0.4, 0.5) is 5.69 Å². The molecule has 0 amide bonds. The first-order chi connectivity index (χ1) is 7.26. The van der Waals surface area contributed by atoms with Gasteiger partial charge in [-0.05, 0) is 25.1 Å². The molecule has 0 spiro atoms. The maximum atomic E-state index is 9.46. The zero-order chi connectivity index (χ0) is 11.1. The van der Waals surface area contributed by atoms with Crippen molar-refractivity contribution >= 4 is 5.69 Å². The van der Waals surface area contributed by atoms with Crippen molar-refractivity contribution in [3.8, 4) is 5.75 Å². The highest BCUT2D eigenvalue weighted by Crippen LogP contribution is 2.16. The molecule has 1 aromatic carbocycles. The maximum absolute atomic E-state index is 9.46. The Labute approximate surface area is 90.1 Å². The van der Waals surface area contributed by atoms with Gasteiger partial charge in [-0.3, -0.25) is 0 Å². The number of ether oxygens (including phenoxy) is 1. The summed E-state index contributed by atoms with van der Waals surface area (Å²) in [7, 11) is 1.63. The lowest BCUT2D eigenvalue weighted by Crippen LogP contribution is -2.22. The lowest BCUT2D eigenvalue weighted by Gasteiger charge is -2.12. The minimum atomic E-state index is -0.402. The van der Waals surface area contributed by atoms with E-state index in [1.807, 2.05) is 24.3 Å². The van der Waals surface area contributed by atoms with E-state index in [2.05, 4.69) is 5.32 Å². The summed E-state index contributed by atoms with van der Waals surface area (Å²) in [6.07, 6.45) is 0.206. The summed E-state index contributed by atoms with van der Waals surface area (Å²) in [4.78, 5) is 0. The molecule has 15 heavy (non-hydrogen) atoms. The number of anilines is 1. The Hall–Kier alpha value is -1.26. The van der Waals surface area contributed by atoms with Crippen molar-refractivity contribution in [1.29, 1.82) is 0 Å². The average molecular weight is 210 g/mol. The van der Waals surface area contributed by atoms with E-state index in [1.54, 1.807) is 7.11 Å². The lowest BCUT2D eigenvalue weighted by molar-refractivity contribution is 0.180. The van der Waals surface area contributed by atoms with Crippen LogP contribution in [0.3, 0.4) is 0 Å². The summed E-state index contributed by atoms with van der Waals surface area (Å²) >= 11 is 0. The molecule has 0 radical (unpaired) electrons. The second-order valence-corrected chi connectivity index (χ2v) is 3.34. The molecule has 0 aliphatic rings. The second kappa shape index (κ2) is 6.27. The highest BCUT2D eigenvalue weighted by atomic mass is 16.5. The Balaban J connectivity index is 2.43. The number of hydrogen-bond donors (Lipinski definition) is 3. The highest BCUT2D eigenvalue weighted by molar-refractivity contribution is 5.48. The molecule has 84 valence electrons. The molecule has 0 aliphatic carbocycles.